The van der Waals surface area contributed by atoms with E-state index in [1.165, 1.54) is 38.5 Å². The second-order valence-electron chi connectivity index (χ2n) is 9.08. The number of fused-ring (bicyclic) bond motifs is 1. The summed E-state index contributed by atoms with van der Waals surface area (Å²) in [4.78, 5) is 17.5. The molecule has 0 amide bonds. The average Bonchev–Trinajstić information content (AvgIpc) is 3.47. The number of hydrogen-bond acceptors (Lipinski definition) is 8. The number of benzene rings is 2. The van der Waals surface area contributed by atoms with Gasteiger partial charge in [0.05, 0.1) is 19.1 Å². The molecule has 37 heavy (non-hydrogen) atoms. The second kappa shape index (κ2) is 9.31. The van der Waals surface area contributed by atoms with Gasteiger partial charge in [0.2, 0.25) is 15.7 Å². The van der Waals surface area contributed by atoms with Crippen LogP contribution in [-0.2, 0) is 9.84 Å². The highest BCUT2D eigenvalue weighted by molar-refractivity contribution is 7.95. The van der Waals surface area contributed by atoms with E-state index in [9.17, 15) is 22.7 Å². The fourth-order valence-electron chi connectivity index (χ4n) is 5.30. The molecule has 1 saturated heterocycles. The summed E-state index contributed by atoms with van der Waals surface area (Å²) in [6, 6.07) is 9.78. The van der Waals surface area contributed by atoms with Gasteiger partial charge in [-0.15, -0.1) is 0 Å². The largest absolute Gasteiger partial charge is 0.494 e. The van der Waals surface area contributed by atoms with Crippen LogP contribution in [0.25, 0.3) is 17.1 Å². The number of sulfone groups is 1. The fraction of sp³-hybridized carbons (Fsp3) is 0.308. The highest BCUT2D eigenvalue weighted by Gasteiger charge is 2.46. The van der Waals surface area contributed by atoms with Crippen LogP contribution < -0.4 is 20.3 Å². The lowest BCUT2D eigenvalue weighted by atomic mass is 9.95. The summed E-state index contributed by atoms with van der Waals surface area (Å²) in [6.07, 6.45) is 2.18. The lowest BCUT2D eigenvalue weighted by molar-refractivity contribution is 0.388. The Morgan fingerprint density at radius 2 is 1.76 bits per heavy atom. The van der Waals surface area contributed by atoms with E-state index in [-0.39, 0.29) is 51.4 Å². The third-order valence-electron chi connectivity index (χ3n) is 7.03. The number of nitrogens with zero attached hydrogens (tertiary/aromatic N) is 2. The van der Waals surface area contributed by atoms with Crippen molar-refractivity contribution in [1.29, 1.82) is 0 Å². The average molecular weight is 528 g/mol. The van der Waals surface area contributed by atoms with Gasteiger partial charge < -0.3 is 19.9 Å². The lowest BCUT2D eigenvalue weighted by Crippen LogP contribution is -2.31. The van der Waals surface area contributed by atoms with Crippen LogP contribution in [0, 0.1) is 17.7 Å². The Labute approximate surface area is 213 Å². The maximum atomic E-state index is 14.1. The van der Waals surface area contributed by atoms with Gasteiger partial charge >= 0.3 is 0 Å². The molecule has 1 aliphatic carbocycles. The Kier molecular flexibility index (Phi) is 6.28. The van der Waals surface area contributed by atoms with Crippen LogP contribution in [0.5, 0.6) is 17.4 Å². The first-order valence-electron chi connectivity index (χ1n) is 11.7. The van der Waals surface area contributed by atoms with E-state index in [1.54, 1.807) is 24.3 Å². The molecule has 5 rings (SSSR count). The Hall–Kier alpha value is -3.70. The summed E-state index contributed by atoms with van der Waals surface area (Å²) in [5, 5.41) is 14.2. The fourth-order valence-corrected chi connectivity index (χ4v) is 7.21. The number of ether oxygens (including phenoxy) is 2. The van der Waals surface area contributed by atoms with Gasteiger partial charge in [0.1, 0.15) is 23.0 Å². The molecule has 2 unspecified atom stereocenters. The Balaban J connectivity index is 1.83. The zero-order chi connectivity index (χ0) is 26.5. The minimum atomic E-state index is -4.43. The van der Waals surface area contributed by atoms with Crippen LogP contribution in [0.15, 0.2) is 63.1 Å². The van der Waals surface area contributed by atoms with Gasteiger partial charge in [-0.05, 0) is 62.2 Å². The molecule has 0 radical (unpaired) electrons. The van der Waals surface area contributed by atoms with Gasteiger partial charge in [0, 0.05) is 17.5 Å². The number of rotatable bonds is 6. The van der Waals surface area contributed by atoms with Crippen molar-refractivity contribution < 1.29 is 27.4 Å². The van der Waals surface area contributed by atoms with Crippen LogP contribution >= 0.6 is 0 Å². The number of halogens is 1. The number of aromatic nitrogens is 2. The molecule has 3 aromatic rings. The molecule has 3 atom stereocenters. The summed E-state index contributed by atoms with van der Waals surface area (Å²) in [5.41, 5.74) is -0.674. The van der Waals surface area contributed by atoms with Gasteiger partial charge in [-0.25, -0.2) is 12.8 Å². The zero-order valence-corrected chi connectivity index (χ0v) is 21.3. The summed E-state index contributed by atoms with van der Waals surface area (Å²) in [5.74, 6) is -1.39. The predicted molar refractivity (Wildman–Crippen MR) is 134 cm³/mol. The van der Waals surface area contributed by atoms with E-state index < -0.39 is 32.0 Å². The Bertz CT molecular complexity index is 1540. The SMILES string of the molecule is COc1cccc(OC)c1-n1c(-c2ccc(F)cc2)nc(O)c(S(=O)(=O)C2=CCC3CNC(C)[C@@H]23)c1=O. The quantitative estimate of drug-likeness (QED) is 0.502. The summed E-state index contributed by atoms with van der Waals surface area (Å²) < 4.78 is 53.5. The predicted octanol–water partition coefficient (Wildman–Crippen LogP) is 3.05. The number of methoxy groups -OCH3 is 2. The van der Waals surface area contributed by atoms with Crippen molar-refractivity contribution in [2.45, 2.75) is 24.3 Å². The van der Waals surface area contributed by atoms with E-state index in [1.807, 2.05) is 6.92 Å². The molecule has 9 nitrogen and oxygen atoms in total. The Morgan fingerprint density at radius 3 is 2.38 bits per heavy atom. The first-order chi connectivity index (χ1) is 17.7. The van der Waals surface area contributed by atoms with E-state index in [4.69, 9.17) is 9.47 Å². The molecule has 0 spiro atoms. The lowest BCUT2D eigenvalue weighted by Gasteiger charge is -2.21. The molecule has 1 fully saturated rings. The highest BCUT2D eigenvalue weighted by Crippen LogP contribution is 2.44. The van der Waals surface area contributed by atoms with Crippen molar-refractivity contribution in [3.05, 3.63) is 69.6 Å². The Morgan fingerprint density at radius 1 is 1.11 bits per heavy atom. The van der Waals surface area contributed by atoms with Gasteiger partial charge in [0.25, 0.3) is 5.56 Å². The van der Waals surface area contributed by atoms with Crippen LogP contribution in [0.4, 0.5) is 4.39 Å². The number of allylic oxidation sites excluding steroid dienone is 1. The number of para-hydroxylation sites is 1. The topological polar surface area (TPSA) is 120 Å². The molecule has 194 valence electrons. The number of aromatic hydroxyl groups is 1. The summed E-state index contributed by atoms with van der Waals surface area (Å²) in [7, 11) is -1.64. The first-order valence-corrected chi connectivity index (χ1v) is 13.2. The molecule has 0 saturated carbocycles. The van der Waals surface area contributed by atoms with E-state index in [2.05, 4.69) is 10.3 Å². The van der Waals surface area contributed by atoms with Crippen LogP contribution in [0.2, 0.25) is 0 Å². The van der Waals surface area contributed by atoms with Crippen molar-refractivity contribution in [3.63, 3.8) is 0 Å². The van der Waals surface area contributed by atoms with Crippen molar-refractivity contribution in [2.75, 3.05) is 20.8 Å². The molecule has 2 aliphatic rings. The summed E-state index contributed by atoms with van der Waals surface area (Å²) >= 11 is 0. The normalized spacial score (nSPS) is 21.0. The minimum Gasteiger partial charge on any atom is -0.494 e. The van der Waals surface area contributed by atoms with Crippen LogP contribution in [0.3, 0.4) is 0 Å². The third kappa shape index (κ3) is 3.98. The molecule has 0 bridgehead atoms. The molecular weight excluding hydrogens is 501 g/mol. The monoisotopic (exact) mass is 527 g/mol. The van der Waals surface area contributed by atoms with Crippen LogP contribution in [0.1, 0.15) is 13.3 Å². The van der Waals surface area contributed by atoms with E-state index >= 15 is 0 Å². The van der Waals surface area contributed by atoms with Crippen molar-refractivity contribution in [2.24, 2.45) is 11.8 Å². The van der Waals surface area contributed by atoms with Gasteiger partial charge in [0.15, 0.2) is 10.7 Å². The molecule has 2 N–H and O–H groups in total. The smallest absolute Gasteiger partial charge is 0.281 e. The summed E-state index contributed by atoms with van der Waals surface area (Å²) in [6.45, 7) is 2.56. The minimum absolute atomic E-state index is 0.0879. The molecule has 1 aromatic heterocycles. The maximum absolute atomic E-state index is 14.1. The van der Waals surface area contributed by atoms with E-state index in [0.29, 0.717) is 13.0 Å². The maximum Gasteiger partial charge on any atom is 0.281 e. The van der Waals surface area contributed by atoms with Crippen molar-refractivity contribution >= 4 is 9.84 Å². The number of hydrogen-bond donors (Lipinski definition) is 2. The van der Waals surface area contributed by atoms with Crippen molar-refractivity contribution in [3.8, 4) is 34.5 Å². The van der Waals surface area contributed by atoms with Gasteiger partial charge in [-0.1, -0.05) is 12.1 Å². The van der Waals surface area contributed by atoms with Gasteiger partial charge in [-0.3, -0.25) is 9.36 Å². The molecule has 2 heterocycles. The number of nitrogens with one attached hydrogen (secondary N) is 1. The van der Waals surface area contributed by atoms with Crippen molar-refractivity contribution in [1.82, 2.24) is 14.9 Å². The second-order valence-corrected chi connectivity index (χ2v) is 11.0. The van der Waals surface area contributed by atoms with E-state index in [0.717, 1.165) is 4.57 Å². The van der Waals surface area contributed by atoms with Gasteiger partial charge in [-0.2, -0.15) is 4.98 Å². The first kappa shape index (κ1) is 25.0. The zero-order valence-electron chi connectivity index (χ0n) is 20.4. The third-order valence-corrected chi connectivity index (χ3v) is 8.98. The van der Waals surface area contributed by atoms with Crippen LogP contribution in [-0.4, -0.2) is 49.9 Å². The molecule has 1 aliphatic heterocycles. The molecule has 2 aromatic carbocycles. The molecular formula is C26H26FN3O6S. The standard InChI is InChI=1S/C26H26FN3O6S/c1-14-21-16(13-28-14)9-12-20(21)37(33,34)23-25(31)29-24(15-7-10-17(27)11-8-15)30(26(23)32)22-18(35-2)5-4-6-19(22)36-3/h4-8,10-12,14,16,21,28,31H,9,13H2,1-3H3/t14?,16?,21-/m1/s1. The highest BCUT2D eigenvalue weighted by atomic mass is 32.2. The molecule has 11 heteroatoms.